The fourth-order valence-electron chi connectivity index (χ4n) is 1.84. The number of nitrogens with zero attached hydrogens (tertiary/aromatic N) is 2. The Morgan fingerprint density at radius 1 is 1.65 bits per heavy atom. The number of hydrogen-bond donors (Lipinski definition) is 2. The Hall–Kier alpha value is -1.85. The predicted molar refractivity (Wildman–Crippen MR) is 61.4 cm³/mol. The molecule has 92 valence electrons. The molecular formula is C11H16N4O2. The number of carbonyl (C=O) groups is 2. The minimum atomic E-state index is -0.128. The van der Waals surface area contributed by atoms with Gasteiger partial charge in [0.15, 0.2) is 0 Å². The van der Waals surface area contributed by atoms with E-state index in [-0.39, 0.29) is 17.9 Å². The van der Waals surface area contributed by atoms with E-state index in [0.717, 1.165) is 5.69 Å². The number of hydrogen-bond acceptors (Lipinski definition) is 3. The molecule has 1 aromatic rings. The third-order valence-electron chi connectivity index (χ3n) is 3.08. The molecule has 1 fully saturated rings. The average Bonchev–Trinajstić information content (AvgIpc) is 2.63. The predicted octanol–water partition coefficient (Wildman–Crippen LogP) is -0.263. The normalized spacial score (nSPS) is 19.9. The molecule has 0 aliphatic carbocycles. The van der Waals surface area contributed by atoms with Crippen molar-refractivity contribution in [3.63, 3.8) is 0 Å². The van der Waals surface area contributed by atoms with Crippen LogP contribution in [0.15, 0.2) is 6.20 Å². The number of aromatic nitrogens is 2. The maximum absolute atomic E-state index is 12.0. The second-order valence-electron chi connectivity index (χ2n) is 4.28. The van der Waals surface area contributed by atoms with Gasteiger partial charge in [-0.3, -0.25) is 14.3 Å². The lowest BCUT2D eigenvalue weighted by atomic mass is 10.1. The van der Waals surface area contributed by atoms with Crippen LogP contribution >= 0.6 is 0 Å². The molecule has 2 heterocycles. The molecule has 1 atom stereocenters. The van der Waals surface area contributed by atoms with Crippen molar-refractivity contribution in [3.05, 3.63) is 17.5 Å². The molecule has 6 nitrogen and oxygen atoms in total. The third-order valence-corrected chi connectivity index (χ3v) is 3.08. The number of piperidine rings is 1. The molecule has 1 aromatic heterocycles. The molecular weight excluding hydrogens is 220 g/mol. The van der Waals surface area contributed by atoms with Crippen LogP contribution in [0.3, 0.4) is 0 Å². The number of nitrogens with one attached hydrogen (secondary N) is 2. The van der Waals surface area contributed by atoms with Gasteiger partial charge in [0.05, 0.1) is 11.8 Å². The van der Waals surface area contributed by atoms with Crippen LogP contribution in [0.1, 0.15) is 28.9 Å². The van der Waals surface area contributed by atoms with Gasteiger partial charge in [0, 0.05) is 31.7 Å². The molecule has 1 aliphatic rings. The number of aryl methyl sites for hydroxylation is 1. The molecule has 6 heteroatoms. The van der Waals surface area contributed by atoms with E-state index in [1.54, 1.807) is 17.9 Å². The third kappa shape index (κ3) is 2.46. The summed E-state index contributed by atoms with van der Waals surface area (Å²) in [5.74, 6) is -0.0789. The van der Waals surface area contributed by atoms with E-state index in [9.17, 15) is 9.59 Å². The van der Waals surface area contributed by atoms with E-state index in [4.69, 9.17) is 0 Å². The Labute approximate surface area is 99.4 Å². The van der Waals surface area contributed by atoms with Gasteiger partial charge in [0.2, 0.25) is 5.91 Å². The van der Waals surface area contributed by atoms with Crippen LogP contribution in [-0.4, -0.2) is 34.2 Å². The zero-order valence-electron chi connectivity index (χ0n) is 9.99. The van der Waals surface area contributed by atoms with Gasteiger partial charge in [-0.1, -0.05) is 0 Å². The Bertz CT molecular complexity index is 442. The SMILES string of the molecule is Cc1c(C(=O)NC2CCC(=O)NC2)cnn1C. The second-order valence-corrected chi connectivity index (χ2v) is 4.28. The molecule has 2 amide bonds. The summed E-state index contributed by atoms with van der Waals surface area (Å²) in [6.07, 6.45) is 2.72. The van der Waals surface area contributed by atoms with Gasteiger partial charge in [-0.25, -0.2) is 0 Å². The second kappa shape index (κ2) is 4.57. The molecule has 2 rings (SSSR count). The van der Waals surface area contributed by atoms with Crippen LogP contribution in [0.25, 0.3) is 0 Å². The van der Waals surface area contributed by atoms with Crippen LogP contribution < -0.4 is 10.6 Å². The van der Waals surface area contributed by atoms with Crippen LogP contribution in [0.2, 0.25) is 0 Å². The van der Waals surface area contributed by atoms with Crippen molar-refractivity contribution in [2.75, 3.05) is 6.54 Å². The van der Waals surface area contributed by atoms with Crippen LogP contribution in [-0.2, 0) is 11.8 Å². The van der Waals surface area contributed by atoms with E-state index in [0.29, 0.717) is 24.9 Å². The fraction of sp³-hybridized carbons (Fsp3) is 0.545. The van der Waals surface area contributed by atoms with Gasteiger partial charge >= 0.3 is 0 Å². The highest BCUT2D eigenvalue weighted by molar-refractivity contribution is 5.95. The summed E-state index contributed by atoms with van der Waals surface area (Å²) in [6.45, 7) is 2.36. The first-order valence-electron chi connectivity index (χ1n) is 5.64. The molecule has 0 saturated carbocycles. The van der Waals surface area contributed by atoms with Gasteiger partial charge in [-0.05, 0) is 13.3 Å². The van der Waals surface area contributed by atoms with E-state index >= 15 is 0 Å². The first kappa shape index (κ1) is 11.6. The zero-order valence-corrected chi connectivity index (χ0v) is 9.99. The summed E-state index contributed by atoms with van der Waals surface area (Å²) < 4.78 is 1.66. The first-order chi connectivity index (χ1) is 8.08. The molecule has 1 aliphatic heterocycles. The molecule has 17 heavy (non-hydrogen) atoms. The summed E-state index contributed by atoms with van der Waals surface area (Å²) >= 11 is 0. The number of rotatable bonds is 2. The number of carbonyl (C=O) groups excluding carboxylic acids is 2. The highest BCUT2D eigenvalue weighted by Gasteiger charge is 2.21. The molecule has 2 N–H and O–H groups in total. The van der Waals surface area contributed by atoms with Crippen molar-refractivity contribution in [3.8, 4) is 0 Å². The molecule has 1 unspecified atom stereocenters. The van der Waals surface area contributed by atoms with E-state index < -0.39 is 0 Å². The lowest BCUT2D eigenvalue weighted by Crippen LogP contribution is -2.47. The van der Waals surface area contributed by atoms with Crippen LogP contribution in [0.5, 0.6) is 0 Å². The summed E-state index contributed by atoms with van der Waals surface area (Å²) in [5, 5.41) is 9.67. The summed E-state index contributed by atoms with van der Waals surface area (Å²) in [5.41, 5.74) is 1.42. The lowest BCUT2D eigenvalue weighted by Gasteiger charge is -2.23. The van der Waals surface area contributed by atoms with Gasteiger partial charge in [0.1, 0.15) is 0 Å². The smallest absolute Gasteiger partial charge is 0.255 e. The van der Waals surface area contributed by atoms with Crippen molar-refractivity contribution < 1.29 is 9.59 Å². The minimum Gasteiger partial charge on any atom is -0.354 e. The zero-order chi connectivity index (χ0) is 12.4. The topological polar surface area (TPSA) is 76.0 Å². The summed E-state index contributed by atoms with van der Waals surface area (Å²) in [4.78, 5) is 22.9. The molecule has 0 bridgehead atoms. The van der Waals surface area contributed by atoms with Gasteiger partial charge in [-0.15, -0.1) is 0 Å². The largest absolute Gasteiger partial charge is 0.354 e. The molecule has 1 saturated heterocycles. The molecule has 0 radical (unpaired) electrons. The highest BCUT2D eigenvalue weighted by Crippen LogP contribution is 2.08. The monoisotopic (exact) mass is 236 g/mol. The Morgan fingerprint density at radius 3 is 2.94 bits per heavy atom. The number of amides is 2. The average molecular weight is 236 g/mol. The highest BCUT2D eigenvalue weighted by atomic mass is 16.2. The maximum Gasteiger partial charge on any atom is 0.255 e. The van der Waals surface area contributed by atoms with E-state index in [1.807, 2.05) is 6.92 Å². The van der Waals surface area contributed by atoms with Crippen molar-refractivity contribution in [1.29, 1.82) is 0 Å². The van der Waals surface area contributed by atoms with Gasteiger partial charge < -0.3 is 10.6 Å². The van der Waals surface area contributed by atoms with Crippen LogP contribution in [0.4, 0.5) is 0 Å². The fourth-order valence-corrected chi connectivity index (χ4v) is 1.84. The maximum atomic E-state index is 12.0. The Morgan fingerprint density at radius 2 is 2.41 bits per heavy atom. The molecule has 0 spiro atoms. The molecule has 0 aromatic carbocycles. The Kier molecular flexibility index (Phi) is 3.12. The van der Waals surface area contributed by atoms with Crippen molar-refractivity contribution >= 4 is 11.8 Å². The van der Waals surface area contributed by atoms with E-state index in [2.05, 4.69) is 15.7 Å². The van der Waals surface area contributed by atoms with Gasteiger partial charge in [0.25, 0.3) is 5.91 Å². The van der Waals surface area contributed by atoms with E-state index in [1.165, 1.54) is 0 Å². The minimum absolute atomic E-state index is 0.0137. The van der Waals surface area contributed by atoms with Crippen molar-refractivity contribution in [1.82, 2.24) is 20.4 Å². The quantitative estimate of drug-likeness (QED) is 0.742. The Balaban J connectivity index is 1.98. The lowest BCUT2D eigenvalue weighted by molar-refractivity contribution is -0.122. The first-order valence-corrected chi connectivity index (χ1v) is 5.64. The summed E-state index contributed by atoms with van der Waals surface area (Å²) in [6, 6.07) is 0.0137. The summed E-state index contributed by atoms with van der Waals surface area (Å²) in [7, 11) is 1.80. The van der Waals surface area contributed by atoms with Gasteiger partial charge in [-0.2, -0.15) is 5.10 Å². The van der Waals surface area contributed by atoms with Crippen molar-refractivity contribution in [2.24, 2.45) is 7.05 Å². The van der Waals surface area contributed by atoms with Crippen molar-refractivity contribution in [2.45, 2.75) is 25.8 Å². The van der Waals surface area contributed by atoms with Crippen LogP contribution in [0, 0.1) is 6.92 Å². The standard InChI is InChI=1S/C11H16N4O2/c1-7-9(6-13-15(7)2)11(17)14-8-3-4-10(16)12-5-8/h6,8H,3-5H2,1-2H3,(H,12,16)(H,14,17).